The van der Waals surface area contributed by atoms with Gasteiger partial charge >= 0.3 is 0 Å². The Morgan fingerprint density at radius 3 is 1.54 bits per heavy atom. The van der Waals surface area contributed by atoms with E-state index in [0.717, 1.165) is 6.04 Å². The second kappa shape index (κ2) is 6.32. The monoisotopic (exact) mass is 191 g/mol. The molecular weight excluding hydrogens is 170 g/mol. The normalized spacial score (nSPS) is 20.5. The van der Waals surface area contributed by atoms with Crippen molar-refractivity contribution < 1.29 is 15.3 Å². The van der Waals surface area contributed by atoms with Gasteiger partial charge in [-0.05, 0) is 13.3 Å². The first kappa shape index (κ1) is 12.8. The number of aliphatic hydroxyl groups is 3. The number of nitrogens with one attached hydrogen (secondary N) is 1. The van der Waals surface area contributed by atoms with Gasteiger partial charge in [-0.3, -0.25) is 0 Å². The van der Waals surface area contributed by atoms with E-state index in [-0.39, 0.29) is 19.8 Å². The second-order valence-electron chi connectivity index (χ2n) is 3.64. The van der Waals surface area contributed by atoms with Crippen LogP contribution in [0.3, 0.4) is 0 Å². The van der Waals surface area contributed by atoms with E-state index in [4.69, 9.17) is 15.3 Å². The predicted octanol–water partition coefficient (Wildman–Crippen LogP) is -0.662. The molecule has 1 saturated heterocycles. The standard InChI is InChI=1S/C6H14O3.C3H7N/c1-2-6(3-7,4-8)5-9;1-3-2-4-3/h7-9H,2-5H2,1H3;3-4H,2H2,1H3. The van der Waals surface area contributed by atoms with Gasteiger partial charge in [0.15, 0.2) is 0 Å². The molecule has 0 aliphatic carbocycles. The summed E-state index contributed by atoms with van der Waals surface area (Å²) in [5, 5.41) is 29.1. The van der Waals surface area contributed by atoms with Crippen molar-refractivity contribution >= 4 is 0 Å². The van der Waals surface area contributed by atoms with E-state index < -0.39 is 5.41 Å². The van der Waals surface area contributed by atoms with Crippen molar-refractivity contribution in [1.29, 1.82) is 0 Å². The zero-order valence-electron chi connectivity index (χ0n) is 8.45. The molecule has 0 radical (unpaired) electrons. The topological polar surface area (TPSA) is 82.6 Å². The van der Waals surface area contributed by atoms with E-state index in [2.05, 4.69) is 12.2 Å². The van der Waals surface area contributed by atoms with Crippen LogP contribution in [0.5, 0.6) is 0 Å². The van der Waals surface area contributed by atoms with Crippen molar-refractivity contribution in [1.82, 2.24) is 5.32 Å². The zero-order valence-corrected chi connectivity index (χ0v) is 8.45. The van der Waals surface area contributed by atoms with E-state index >= 15 is 0 Å². The van der Waals surface area contributed by atoms with Crippen LogP contribution in [0, 0.1) is 5.41 Å². The molecule has 13 heavy (non-hydrogen) atoms. The molecule has 0 saturated carbocycles. The molecule has 0 aromatic rings. The molecule has 0 bridgehead atoms. The van der Waals surface area contributed by atoms with Crippen molar-refractivity contribution in [3.63, 3.8) is 0 Å². The van der Waals surface area contributed by atoms with Gasteiger partial charge in [0.25, 0.3) is 0 Å². The van der Waals surface area contributed by atoms with Crippen molar-refractivity contribution in [2.24, 2.45) is 5.41 Å². The molecule has 4 nitrogen and oxygen atoms in total. The fourth-order valence-electron chi connectivity index (χ4n) is 0.603. The van der Waals surface area contributed by atoms with Gasteiger partial charge in [-0.1, -0.05) is 6.92 Å². The molecule has 4 heteroatoms. The van der Waals surface area contributed by atoms with Gasteiger partial charge in [-0.2, -0.15) is 0 Å². The van der Waals surface area contributed by atoms with Gasteiger partial charge in [-0.15, -0.1) is 0 Å². The van der Waals surface area contributed by atoms with Crippen LogP contribution in [0.2, 0.25) is 0 Å². The lowest BCUT2D eigenvalue weighted by Gasteiger charge is -2.24. The highest BCUT2D eigenvalue weighted by molar-refractivity contribution is 4.76. The molecular formula is C9H21NO3. The molecule has 1 aliphatic heterocycles. The van der Waals surface area contributed by atoms with E-state index in [1.54, 1.807) is 0 Å². The quantitative estimate of drug-likeness (QED) is 0.444. The number of hydrogen-bond donors (Lipinski definition) is 4. The molecule has 1 aliphatic rings. The maximum atomic E-state index is 8.66. The summed E-state index contributed by atoms with van der Waals surface area (Å²) >= 11 is 0. The minimum Gasteiger partial charge on any atom is -0.396 e. The highest BCUT2D eigenvalue weighted by atomic mass is 16.3. The third kappa shape index (κ3) is 5.21. The summed E-state index contributed by atoms with van der Waals surface area (Å²) < 4.78 is 0. The molecule has 1 heterocycles. The minimum absolute atomic E-state index is 0.156. The second-order valence-corrected chi connectivity index (χ2v) is 3.64. The van der Waals surface area contributed by atoms with E-state index in [9.17, 15) is 0 Å². The molecule has 0 spiro atoms. The lowest BCUT2D eigenvalue weighted by molar-refractivity contribution is 0.00304. The summed E-state index contributed by atoms with van der Waals surface area (Å²) in [5.41, 5.74) is -0.667. The van der Waals surface area contributed by atoms with Gasteiger partial charge in [0.05, 0.1) is 19.8 Å². The average Bonchev–Trinajstić information content (AvgIpc) is 2.94. The Hall–Kier alpha value is -0.160. The summed E-state index contributed by atoms with van der Waals surface area (Å²) in [6.07, 6.45) is 0.594. The smallest absolute Gasteiger partial charge is 0.0531 e. The lowest BCUT2D eigenvalue weighted by Crippen LogP contribution is -2.32. The summed E-state index contributed by atoms with van der Waals surface area (Å²) in [6.45, 7) is 4.76. The predicted molar refractivity (Wildman–Crippen MR) is 51.4 cm³/mol. The molecule has 0 aromatic carbocycles. The third-order valence-electron chi connectivity index (χ3n) is 2.37. The average molecular weight is 191 g/mol. The summed E-state index contributed by atoms with van der Waals surface area (Å²) in [4.78, 5) is 0. The molecule has 80 valence electrons. The minimum atomic E-state index is -0.667. The zero-order chi connectivity index (χ0) is 10.3. The van der Waals surface area contributed by atoms with Gasteiger partial charge < -0.3 is 20.6 Å². The van der Waals surface area contributed by atoms with Gasteiger partial charge in [0.1, 0.15) is 0 Å². The van der Waals surface area contributed by atoms with E-state index in [1.807, 2.05) is 6.92 Å². The number of rotatable bonds is 4. The lowest BCUT2D eigenvalue weighted by atomic mass is 9.88. The Morgan fingerprint density at radius 1 is 1.23 bits per heavy atom. The molecule has 1 rings (SSSR count). The Morgan fingerprint density at radius 2 is 1.54 bits per heavy atom. The highest BCUT2D eigenvalue weighted by Crippen LogP contribution is 2.18. The first-order valence-corrected chi connectivity index (χ1v) is 4.70. The molecule has 0 amide bonds. The molecule has 1 atom stereocenters. The van der Waals surface area contributed by atoms with Gasteiger partial charge in [-0.25, -0.2) is 0 Å². The first-order valence-electron chi connectivity index (χ1n) is 4.70. The van der Waals surface area contributed by atoms with Gasteiger partial charge in [0, 0.05) is 18.0 Å². The van der Waals surface area contributed by atoms with Crippen LogP contribution in [0.4, 0.5) is 0 Å². The van der Waals surface area contributed by atoms with Crippen LogP contribution in [-0.4, -0.2) is 47.7 Å². The Bertz CT molecular complexity index is 105. The van der Waals surface area contributed by atoms with Gasteiger partial charge in [0.2, 0.25) is 0 Å². The van der Waals surface area contributed by atoms with Crippen LogP contribution in [0.25, 0.3) is 0 Å². The van der Waals surface area contributed by atoms with E-state index in [0.29, 0.717) is 6.42 Å². The summed E-state index contributed by atoms with van der Waals surface area (Å²) in [5.74, 6) is 0. The van der Waals surface area contributed by atoms with Crippen LogP contribution in [0.15, 0.2) is 0 Å². The Kier molecular flexibility index (Phi) is 6.24. The largest absolute Gasteiger partial charge is 0.396 e. The maximum Gasteiger partial charge on any atom is 0.0531 e. The Labute approximate surface area is 79.6 Å². The Balaban J connectivity index is 0.000000293. The maximum absolute atomic E-state index is 8.66. The molecule has 1 unspecified atom stereocenters. The molecule has 0 aromatic heterocycles. The third-order valence-corrected chi connectivity index (χ3v) is 2.37. The van der Waals surface area contributed by atoms with E-state index in [1.165, 1.54) is 6.54 Å². The van der Waals surface area contributed by atoms with Crippen molar-refractivity contribution in [2.75, 3.05) is 26.4 Å². The fourth-order valence-corrected chi connectivity index (χ4v) is 0.603. The van der Waals surface area contributed by atoms with Crippen LogP contribution < -0.4 is 5.32 Å². The first-order chi connectivity index (χ1) is 6.14. The summed E-state index contributed by atoms with van der Waals surface area (Å²) in [6, 6.07) is 0.833. The number of aliphatic hydroxyl groups excluding tert-OH is 3. The van der Waals surface area contributed by atoms with Crippen molar-refractivity contribution in [3.05, 3.63) is 0 Å². The highest BCUT2D eigenvalue weighted by Gasteiger charge is 2.24. The van der Waals surface area contributed by atoms with Crippen molar-refractivity contribution in [3.8, 4) is 0 Å². The van der Waals surface area contributed by atoms with Crippen molar-refractivity contribution in [2.45, 2.75) is 26.3 Å². The van der Waals surface area contributed by atoms with Crippen LogP contribution >= 0.6 is 0 Å². The molecule has 1 fully saturated rings. The fraction of sp³-hybridized carbons (Fsp3) is 1.00. The van der Waals surface area contributed by atoms with Crippen LogP contribution in [-0.2, 0) is 0 Å². The molecule has 4 N–H and O–H groups in total. The number of hydrogen-bond acceptors (Lipinski definition) is 4. The summed E-state index contributed by atoms with van der Waals surface area (Å²) in [7, 11) is 0. The SMILES string of the molecule is CC1CN1.CCC(CO)(CO)CO. The van der Waals surface area contributed by atoms with Crippen LogP contribution in [0.1, 0.15) is 20.3 Å².